The lowest BCUT2D eigenvalue weighted by Crippen LogP contribution is -2.06. The van der Waals surface area contributed by atoms with E-state index in [1.807, 2.05) is 13.8 Å². The Morgan fingerprint density at radius 3 is 1.32 bits per heavy atom. The van der Waals surface area contributed by atoms with Crippen LogP contribution < -0.4 is 0 Å². The first-order valence-electron chi connectivity index (χ1n) is 14.7. The predicted octanol–water partition coefficient (Wildman–Crippen LogP) is 11.8. The fourth-order valence-corrected chi connectivity index (χ4v) is 3.89. The minimum atomic E-state index is 0.454. The van der Waals surface area contributed by atoms with Crippen LogP contribution in [0.2, 0.25) is 0 Å². The number of hydrogen-bond acceptors (Lipinski definition) is 0. The van der Waals surface area contributed by atoms with Gasteiger partial charge in [-0.25, -0.2) is 0 Å². The zero-order valence-electron chi connectivity index (χ0n) is 25.9. The molecule has 3 aromatic carbocycles. The molecule has 0 fully saturated rings. The van der Waals surface area contributed by atoms with E-state index in [-0.39, 0.29) is 0 Å². The third-order valence-electron chi connectivity index (χ3n) is 6.05. The van der Waals surface area contributed by atoms with Crippen molar-refractivity contribution in [1.29, 1.82) is 0 Å². The van der Waals surface area contributed by atoms with E-state index in [9.17, 15) is 0 Å². The average Bonchev–Trinajstić information content (AvgIpc) is 2.89. The SMILES string of the molecule is CC.CC(C)(C)CCc1ccccc1.CC(C)CC(C)c1ccccc1.CC(C)CCc1ccccc1. The lowest BCUT2D eigenvalue weighted by molar-refractivity contribution is 0.378. The van der Waals surface area contributed by atoms with E-state index in [1.54, 1.807) is 0 Å². The van der Waals surface area contributed by atoms with Crippen molar-refractivity contribution in [3.05, 3.63) is 108 Å². The highest BCUT2D eigenvalue weighted by Gasteiger charge is 2.09. The first-order chi connectivity index (χ1) is 17.6. The molecule has 3 aromatic rings. The molecule has 0 saturated heterocycles. The van der Waals surface area contributed by atoms with Gasteiger partial charge in [0.1, 0.15) is 0 Å². The number of rotatable bonds is 8. The van der Waals surface area contributed by atoms with Crippen molar-refractivity contribution in [2.24, 2.45) is 17.3 Å². The summed E-state index contributed by atoms with van der Waals surface area (Å²) in [6.07, 6.45) is 6.26. The van der Waals surface area contributed by atoms with Crippen LogP contribution in [0.25, 0.3) is 0 Å². The molecule has 0 aliphatic carbocycles. The molecule has 37 heavy (non-hydrogen) atoms. The summed E-state index contributed by atoms with van der Waals surface area (Å²) in [6, 6.07) is 32.1. The van der Waals surface area contributed by atoms with Gasteiger partial charge in [-0.15, -0.1) is 0 Å². The zero-order chi connectivity index (χ0) is 28.1. The van der Waals surface area contributed by atoms with Gasteiger partial charge in [0.25, 0.3) is 0 Å². The van der Waals surface area contributed by atoms with Crippen LogP contribution in [0.15, 0.2) is 91.0 Å². The molecule has 0 aliphatic heterocycles. The van der Waals surface area contributed by atoms with Gasteiger partial charge in [-0.3, -0.25) is 0 Å². The first kappa shape index (κ1) is 34.7. The molecule has 3 rings (SSSR count). The molecular weight excluding hydrogens is 444 g/mol. The van der Waals surface area contributed by atoms with Gasteiger partial charge in [0, 0.05) is 0 Å². The Morgan fingerprint density at radius 1 is 0.541 bits per heavy atom. The Bertz CT molecular complexity index is 854. The second kappa shape index (κ2) is 20.7. The molecule has 0 spiro atoms. The zero-order valence-corrected chi connectivity index (χ0v) is 25.9. The number of benzene rings is 3. The Labute approximate surface area is 231 Å². The molecule has 0 saturated carbocycles. The number of aryl methyl sites for hydroxylation is 2. The van der Waals surface area contributed by atoms with Crippen molar-refractivity contribution < 1.29 is 0 Å². The molecule has 0 N–H and O–H groups in total. The second-order valence-electron chi connectivity index (χ2n) is 11.9. The maximum absolute atomic E-state index is 2.30. The van der Waals surface area contributed by atoms with Crippen molar-refractivity contribution in [3.63, 3.8) is 0 Å². The molecule has 1 unspecified atom stereocenters. The van der Waals surface area contributed by atoms with Crippen LogP contribution >= 0.6 is 0 Å². The highest BCUT2D eigenvalue weighted by Crippen LogP contribution is 2.22. The molecule has 0 aliphatic rings. The van der Waals surface area contributed by atoms with Crippen molar-refractivity contribution in [2.45, 2.75) is 107 Å². The minimum Gasteiger partial charge on any atom is -0.0683 e. The van der Waals surface area contributed by atoms with E-state index in [0.717, 1.165) is 11.8 Å². The Hall–Kier alpha value is -2.34. The van der Waals surface area contributed by atoms with Crippen LogP contribution in [0.4, 0.5) is 0 Å². The normalized spacial score (nSPS) is 11.4. The van der Waals surface area contributed by atoms with Crippen molar-refractivity contribution in [3.8, 4) is 0 Å². The van der Waals surface area contributed by atoms with E-state index in [1.165, 1.54) is 48.8 Å². The fraction of sp³-hybridized carbons (Fsp3) is 0.514. The molecule has 0 bridgehead atoms. The van der Waals surface area contributed by atoms with Gasteiger partial charge in [-0.2, -0.15) is 0 Å². The smallest absolute Gasteiger partial charge is 0.0188 e. The average molecular weight is 503 g/mol. The quantitative estimate of drug-likeness (QED) is 0.287. The van der Waals surface area contributed by atoms with E-state index >= 15 is 0 Å². The Kier molecular flexibility index (Phi) is 19.4. The monoisotopic (exact) mass is 502 g/mol. The molecule has 0 heteroatoms. The minimum absolute atomic E-state index is 0.454. The summed E-state index contributed by atoms with van der Waals surface area (Å²) in [7, 11) is 0. The maximum Gasteiger partial charge on any atom is -0.0188 e. The van der Waals surface area contributed by atoms with Gasteiger partial charge in [0.05, 0.1) is 0 Å². The van der Waals surface area contributed by atoms with Crippen LogP contribution in [0.5, 0.6) is 0 Å². The van der Waals surface area contributed by atoms with Gasteiger partial charge in [0.15, 0.2) is 0 Å². The molecule has 1 atom stereocenters. The lowest BCUT2D eigenvalue weighted by Gasteiger charge is -2.17. The molecule has 0 aromatic heterocycles. The molecular formula is C37H58. The summed E-state index contributed by atoms with van der Waals surface area (Å²) in [5, 5.41) is 0. The van der Waals surface area contributed by atoms with Gasteiger partial charge in [-0.05, 0) is 72.0 Å². The highest BCUT2D eigenvalue weighted by molar-refractivity contribution is 5.18. The Morgan fingerprint density at radius 2 is 0.946 bits per heavy atom. The third-order valence-corrected chi connectivity index (χ3v) is 6.05. The first-order valence-corrected chi connectivity index (χ1v) is 14.7. The van der Waals surface area contributed by atoms with Crippen molar-refractivity contribution in [2.75, 3.05) is 0 Å². The summed E-state index contributed by atoms with van der Waals surface area (Å²) >= 11 is 0. The predicted molar refractivity (Wildman–Crippen MR) is 169 cm³/mol. The van der Waals surface area contributed by atoms with E-state index in [0.29, 0.717) is 11.3 Å². The Balaban J connectivity index is 0.000000508. The topological polar surface area (TPSA) is 0 Å². The molecule has 0 nitrogen and oxygen atoms in total. The molecule has 0 amide bonds. The molecule has 0 radical (unpaired) electrons. The van der Waals surface area contributed by atoms with Gasteiger partial charge >= 0.3 is 0 Å². The van der Waals surface area contributed by atoms with Crippen LogP contribution in [0.1, 0.15) is 111 Å². The van der Waals surface area contributed by atoms with Crippen molar-refractivity contribution in [1.82, 2.24) is 0 Å². The van der Waals surface area contributed by atoms with Crippen molar-refractivity contribution >= 4 is 0 Å². The molecule has 206 valence electrons. The summed E-state index contributed by atoms with van der Waals surface area (Å²) in [5.41, 5.74) is 4.83. The number of hydrogen-bond donors (Lipinski definition) is 0. The second-order valence-corrected chi connectivity index (χ2v) is 11.9. The summed E-state index contributed by atoms with van der Waals surface area (Å²) in [5.74, 6) is 2.31. The van der Waals surface area contributed by atoms with Gasteiger partial charge in [0.2, 0.25) is 0 Å². The largest absolute Gasteiger partial charge is 0.0683 e. The summed E-state index contributed by atoms with van der Waals surface area (Å²) in [4.78, 5) is 0. The third kappa shape index (κ3) is 20.4. The highest BCUT2D eigenvalue weighted by atomic mass is 14.1. The van der Waals surface area contributed by atoms with Crippen LogP contribution in [0.3, 0.4) is 0 Å². The van der Waals surface area contributed by atoms with Gasteiger partial charge in [-0.1, -0.05) is 160 Å². The summed E-state index contributed by atoms with van der Waals surface area (Å²) in [6.45, 7) is 22.3. The summed E-state index contributed by atoms with van der Waals surface area (Å²) < 4.78 is 0. The van der Waals surface area contributed by atoms with E-state index < -0.39 is 0 Å². The lowest BCUT2D eigenvalue weighted by atomic mass is 9.89. The fourth-order valence-electron chi connectivity index (χ4n) is 3.89. The standard InChI is InChI=1S/2C12H18.C11H16.C2H6/c1-12(2,3)10-9-11-7-5-4-6-8-11;1-10(2)9-11(3)12-7-5-4-6-8-12;1-10(2)8-9-11-6-4-3-5-7-11;1-2/h4-8H,9-10H2,1-3H3;4-8,10-11H,9H2,1-3H3;3-7,10H,8-9H2,1-2H3;1-2H3. The van der Waals surface area contributed by atoms with E-state index in [4.69, 9.17) is 0 Å². The molecule has 0 heterocycles. The van der Waals surface area contributed by atoms with Crippen LogP contribution in [-0.2, 0) is 12.8 Å². The van der Waals surface area contributed by atoms with E-state index in [2.05, 4.69) is 146 Å². The van der Waals surface area contributed by atoms with Crippen LogP contribution in [0, 0.1) is 17.3 Å². The van der Waals surface area contributed by atoms with Gasteiger partial charge < -0.3 is 0 Å². The maximum atomic E-state index is 2.30. The van der Waals surface area contributed by atoms with Crippen LogP contribution in [-0.4, -0.2) is 0 Å².